The predicted octanol–water partition coefficient (Wildman–Crippen LogP) is 2.97. The van der Waals surface area contributed by atoms with Gasteiger partial charge < -0.3 is 10.3 Å². The van der Waals surface area contributed by atoms with Crippen molar-refractivity contribution in [2.75, 3.05) is 0 Å². The van der Waals surface area contributed by atoms with Crippen molar-refractivity contribution in [3.05, 3.63) is 58.0 Å². The summed E-state index contributed by atoms with van der Waals surface area (Å²) in [6, 6.07) is 11.3. The molecule has 2 aromatic rings. The third-order valence-corrected chi connectivity index (χ3v) is 5.26. The molecule has 1 aliphatic carbocycles. The molecule has 6 heteroatoms. The molecule has 2 N–H and O–H groups in total. The van der Waals surface area contributed by atoms with Crippen LogP contribution in [0.4, 0.5) is 0 Å². The maximum absolute atomic E-state index is 12.8. The number of aromatic amines is 1. The van der Waals surface area contributed by atoms with Gasteiger partial charge in [0, 0.05) is 17.8 Å². The van der Waals surface area contributed by atoms with Gasteiger partial charge in [-0.3, -0.25) is 9.59 Å². The molecule has 3 rings (SSSR count). The lowest BCUT2D eigenvalue weighted by Gasteiger charge is -2.19. The van der Waals surface area contributed by atoms with Crippen LogP contribution in [0.5, 0.6) is 0 Å². The van der Waals surface area contributed by atoms with Gasteiger partial charge in [-0.1, -0.05) is 54.9 Å². The zero-order valence-electron chi connectivity index (χ0n) is 13.6. The first kappa shape index (κ1) is 16.8. The molecule has 126 valence electrons. The van der Waals surface area contributed by atoms with Crippen molar-refractivity contribution in [1.82, 2.24) is 15.3 Å². The predicted molar refractivity (Wildman–Crippen MR) is 95.0 cm³/mol. The number of hydrogen-bond acceptors (Lipinski definition) is 4. The lowest BCUT2D eigenvalue weighted by Crippen LogP contribution is -2.35. The van der Waals surface area contributed by atoms with Gasteiger partial charge in [0.1, 0.15) is 5.25 Å². The van der Waals surface area contributed by atoms with Crippen LogP contribution in [0.3, 0.4) is 0 Å². The van der Waals surface area contributed by atoms with Crippen molar-refractivity contribution in [3.8, 4) is 0 Å². The number of nitrogens with one attached hydrogen (secondary N) is 2. The summed E-state index contributed by atoms with van der Waals surface area (Å²) >= 11 is 1.28. The third-order valence-electron chi connectivity index (χ3n) is 4.12. The fraction of sp³-hybridized carbons (Fsp3) is 0.389. The summed E-state index contributed by atoms with van der Waals surface area (Å²) in [4.78, 5) is 31.5. The Hall–Kier alpha value is -2.08. The Morgan fingerprint density at radius 3 is 2.67 bits per heavy atom. The van der Waals surface area contributed by atoms with E-state index in [1.165, 1.54) is 30.7 Å². The van der Waals surface area contributed by atoms with E-state index in [1.807, 2.05) is 30.3 Å². The molecule has 0 aliphatic heterocycles. The molecule has 1 fully saturated rings. The Balaban J connectivity index is 1.84. The highest BCUT2D eigenvalue weighted by Crippen LogP contribution is 2.33. The van der Waals surface area contributed by atoms with E-state index in [-0.39, 0.29) is 17.5 Å². The number of aryl methyl sites for hydroxylation is 1. The summed E-state index contributed by atoms with van der Waals surface area (Å²) < 4.78 is 0. The molecule has 0 radical (unpaired) electrons. The van der Waals surface area contributed by atoms with E-state index in [0.29, 0.717) is 10.9 Å². The van der Waals surface area contributed by atoms with Crippen LogP contribution in [-0.4, -0.2) is 21.9 Å². The van der Waals surface area contributed by atoms with Gasteiger partial charge in [0.15, 0.2) is 5.16 Å². The summed E-state index contributed by atoms with van der Waals surface area (Å²) in [6.45, 7) is 1.77. The minimum Gasteiger partial charge on any atom is -0.352 e. The van der Waals surface area contributed by atoms with Crippen LogP contribution in [0.2, 0.25) is 0 Å². The molecule has 1 amide bonds. The first-order valence-corrected chi connectivity index (χ1v) is 9.10. The van der Waals surface area contributed by atoms with Gasteiger partial charge in [0.25, 0.3) is 5.56 Å². The van der Waals surface area contributed by atoms with Crippen LogP contribution < -0.4 is 10.9 Å². The second-order valence-corrected chi connectivity index (χ2v) is 7.18. The normalized spacial score (nSPS) is 16.0. The van der Waals surface area contributed by atoms with Crippen LogP contribution in [0.1, 0.15) is 42.2 Å². The molecule has 0 bridgehead atoms. The topological polar surface area (TPSA) is 74.8 Å². The van der Waals surface area contributed by atoms with Crippen molar-refractivity contribution < 1.29 is 4.79 Å². The molecule has 1 saturated carbocycles. The first-order valence-electron chi connectivity index (χ1n) is 8.22. The van der Waals surface area contributed by atoms with E-state index in [1.54, 1.807) is 6.92 Å². The molecule has 0 spiro atoms. The number of benzene rings is 1. The van der Waals surface area contributed by atoms with Crippen LogP contribution >= 0.6 is 11.8 Å². The lowest BCUT2D eigenvalue weighted by molar-refractivity contribution is -0.121. The van der Waals surface area contributed by atoms with Crippen LogP contribution in [-0.2, 0) is 4.79 Å². The second kappa shape index (κ2) is 7.66. The highest BCUT2D eigenvalue weighted by molar-refractivity contribution is 8.00. The molecule has 1 aliphatic rings. The van der Waals surface area contributed by atoms with E-state index < -0.39 is 5.25 Å². The van der Waals surface area contributed by atoms with Crippen LogP contribution in [0.15, 0.2) is 46.3 Å². The fourth-order valence-corrected chi connectivity index (χ4v) is 4.01. The largest absolute Gasteiger partial charge is 0.352 e. The minimum atomic E-state index is -0.434. The van der Waals surface area contributed by atoms with Crippen molar-refractivity contribution >= 4 is 17.7 Å². The second-order valence-electron chi connectivity index (χ2n) is 6.09. The van der Waals surface area contributed by atoms with Gasteiger partial charge in [-0.25, -0.2) is 4.98 Å². The number of hydrogen-bond donors (Lipinski definition) is 2. The van der Waals surface area contributed by atoms with E-state index in [4.69, 9.17) is 0 Å². The Bertz CT molecular complexity index is 754. The standard InChI is InChI=1S/C18H21N3O2S/c1-12-11-15(22)21-18(19-12)24-16(13-7-3-2-4-8-13)17(23)20-14-9-5-6-10-14/h2-4,7-8,11,14,16H,5-6,9-10H2,1H3,(H,20,23)(H,19,21,22). The Morgan fingerprint density at radius 2 is 2.00 bits per heavy atom. The number of amides is 1. The summed E-state index contributed by atoms with van der Waals surface area (Å²) in [6.07, 6.45) is 4.41. The van der Waals surface area contributed by atoms with Crippen molar-refractivity contribution in [3.63, 3.8) is 0 Å². The minimum absolute atomic E-state index is 0.0257. The number of carbonyl (C=O) groups is 1. The Morgan fingerprint density at radius 1 is 1.29 bits per heavy atom. The van der Waals surface area contributed by atoms with Crippen LogP contribution in [0.25, 0.3) is 0 Å². The number of H-pyrrole nitrogens is 1. The smallest absolute Gasteiger partial charge is 0.251 e. The van der Waals surface area contributed by atoms with E-state index in [2.05, 4.69) is 15.3 Å². The van der Waals surface area contributed by atoms with Gasteiger partial charge in [-0.15, -0.1) is 0 Å². The molecule has 0 saturated heterocycles. The quantitative estimate of drug-likeness (QED) is 0.646. The average Bonchev–Trinajstić information content (AvgIpc) is 3.05. The number of rotatable bonds is 5. The number of nitrogens with zero attached hydrogens (tertiary/aromatic N) is 1. The summed E-state index contributed by atoms with van der Waals surface area (Å²) in [7, 11) is 0. The molecular formula is C18H21N3O2S. The molecular weight excluding hydrogens is 322 g/mol. The van der Waals surface area contributed by atoms with Crippen molar-refractivity contribution in [2.24, 2.45) is 0 Å². The van der Waals surface area contributed by atoms with Crippen LogP contribution in [0, 0.1) is 6.92 Å². The number of thioether (sulfide) groups is 1. The van der Waals surface area contributed by atoms with Crippen molar-refractivity contribution in [2.45, 2.75) is 49.1 Å². The zero-order chi connectivity index (χ0) is 16.9. The first-order chi connectivity index (χ1) is 11.6. The fourth-order valence-electron chi connectivity index (χ4n) is 2.97. The lowest BCUT2D eigenvalue weighted by atomic mass is 10.1. The molecule has 1 aromatic carbocycles. The molecule has 1 heterocycles. The molecule has 1 unspecified atom stereocenters. The SMILES string of the molecule is Cc1cc(=O)[nH]c(SC(C(=O)NC2CCCC2)c2ccccc2)n1. The van der Waals surface area contributed by atoms with E-state index in [0.717, 1.165) is 18.4 Å². The van der Waals surface area contributed by atoms with Crippen molar-refractivity contribution in [1.29, 1.82) is 0 Å². The molecule has 1 aromatic heterocycles. The van der Waals surface area contributed by atoms with E-state index >= 15 is 0 Å². The zero-order valence-corrected chi connectivity index (χ0v) is 14.4. The average molecular weight is 343 g/mol. The molecule has 5 nitrogen and oxygen atoms in total. The molecule has 24 heavy (non-hydrogen) atoms. The molecule has 1 atom stereocenters. The third kappa shape index (κ3) is 4.26. The number of aromatic nitrogens is 2. The van der Waals surface area contributed by atoms with Gasteiger partial charge in [0.2, 0.25) is 5.91 Å². The maximum atomic E-state index is 12.8. The van der Waals surface area contributed by atoms with Gasteiger partial charge in [-0.05, 0) is 25.3 Å². The van der Waals surface area contributed by atoms with Gasteiger partial charge in [-0.2, -0.15) is 0 Å². The Kier molecular flexibility index (Phi) is 5.35. The van der Waals surface area contributed by atoms with Gasteiger partial charge >= 0.3 is 0 Å². The number of carbonyl (C=O) groups excluding carboxylic acids is 1. The maximum Gasteiger partial charge on any atom is 0.251 e. The highest BCUT2D eigenvalue weighted by Gasteiger charge is 2.26. The van der Waals surface area contributed by atoms with E-state index in [9.17, 15) is 9.59 Å². The summed E-state index contributed by atoms with van der Waals surface area (Å²) in [5.74, 6) is -0.0257. The Labute approximate surface area is 145 Å². The monoisotopic (exact) mass is 343 g/mol. The van der Waals surface area contributed by atoms with Gasteiger partial charge in [0.05, 0.1) is 0 Å². The summed E-state index contributed by atoms with van der Waals surface area (Å²) in [5, 5.41) is 3.18. The highest BCUT2D eigenvalue weighted by atomic mass is 32.2. The summed E-state index contributed by atoms with van der Waals surface area (Å²) in [5.41, 5.74) is 1.35.